The molecule has 0 spiro atoms. The van der Waals surface area contributed by atoms with Crippen LogP contribution in [0.15, 0.2) is 65.9 Å². The summed E-state index contributed by atoms with van der Waals surface area (Å²) in [6.07, 6.45) is -1.54. The Labute approximate surface area is 222 Å². The predicted molar refractivity (Wildman–Crippen MR) is 143 cm³/mol. The fourth-order valence-electron chi connectivity index (χ4n) is 2.79. The van der Waals surface area contributed by atoms with E-state index in [4.69, 9.17) is 14.2 Å². The minimum atomic E-state index is -1.09. The lowest BCUT2D eigenvalue weighted by atomic mass is 10.2. The van der Waals surface area contributed by atoms with E-state index in [1.807, 2.05) is 0 Å². The lowest BCUT2D eigenvalue weighted by molar-refractivity contribution is 0.0319. The number of benzene rings is 2. The SMILES string of the molecule is C=C(CC)O/C(=N\c1cc(NC(=O)OC(C)(C)C)ccc1F)N(C(=O)OC(C)(C)C)C(=O)c1ccccc1. The van der Waals surface area contributed by atoms with Crippen LogP contribution in [0.4, 0.5) is 25.4 Å². The molecule has 0 bridgehead atoms. The number of allylic oxidation sites excluding steroid dienone is 1. The van der Waals surface area contributed by atoms with E-state index in [-0.39, 0.29) is 22.7 Å². The molecule has 0 heterocycles. The Bertz CT molecular complexity index is 1210. The van der Waals surface area contributed by atoms with Gasteiger partial charge in [-0.15, -0.1) is 0 Å². The van der Waals surface area contributed by atoms with Crippen LogP contribution in [-0.4, -0.2) is 40.2 Å². The van der Waals surface area contributed by atoms with Gasteiger partial charge in [-0.3, -0.25) is 10.1 Å². The molecule has 1 N–H and O–H groups in total. The topological polar surface area (TPSA) is 107 Å². The molecule has 38 heavy (non-hydrogen) atoms. The molecule has 0 unspecified atom stereocenters. The fourth-order valence-corrected chi connectivity index (χ4v) is 2.79. The van der Waals surface area contributed by atoms with Gasteiger partial charge in [0.15, 0.2) is 0 Å². The van der Waals surface area contributed by atoms with Crippen molar-refractivity contribution in [1.29, 1.82) is 0 Å². The van der Waals surface area contributed by atoms with Crippen molar-refractivity contribution in [3.05, 3.63) is 72.2 Å². The summed E-state index contributed by atoms with van der Waals surface area (Å²) in [5.41, 5.74) is -1.75. The second-order valence-electron chi connectivity index (χ2n) is 10.2. The van der Waals surface area contributed by atoms with Gasteiger partial charge in [0, 0.05) is 17.7 Å². The average molecular weight is 528 g/mol. The number of imide groups is 1. The Kier molecular flexibility index (Phi) is 9.76. The van der Waals surface area contributed by atoms with Crippen LogP contribution < -0.4 is 5.32 Å². The molecule has 0 aliphatic rings. The van der Waals surface area contributed by atoms with Crippen molar-refractivity contribution < 1.29 is 33.0 Å². The molecule has 10 heteroatoms. The number of nitrogens with one attached hydrogen (secondary N) is 1. The van der Waals surface area contributed by atoms with E-state index in [1.54, 1.807) is 66.7 Å². The normalized spacial score (nSPS) is 11.8. The first kappa shape index (κ1) is 30.0. The van der Waals surface area contributed by atoms with Crippen molar-refractivity contribution in [2.75, 3.05) is 5.32 Å². The molecule has 3 amide bonds. The summed E-state index contributed by atoms with van der Waals surface area (Å²) in [4.78, 5) is 43.6. The maximum Gasteiger partial charge on any atom is 0.425 e. The zero-order valence-electron chi connectivity index (χ0n) is 22.8. The van der Waals surface area contributed by atoms with Gasteiger partial charge < -0.3 is 14.2 Å². The van der Waals surface area contributed by atoms with Crippen molar-refractivity contribution in [2.24, 2.45) is 4.99 Å². The number of carbonyl (C=O) groups excluding carboxylic acids is 3. The first-order chi connectivity index (χ1) is 17.6. The highest BCUT2D eigenvalue weighted by Crippen LogP contribution is 2.26. The van der Waals surface area contributed by atoms with E-state index in [9.17, 15) is 18.8 Å². The molecule has 0 saturated heterocycles. The van der Waals surface area contributed by atoms with Crippen LogP contribution >= 0.6 is 0 Å². The Morgan fingerprint density at radius 1 is 0.974 bits per heavy atom. The number of nitrogens with zero attached hydrogens (tertiary/aromatic N) is 2. The van der Waals surface area contributed by atoms with Gasteiger partial charge in [0.2, 0.25) is 0 Å². The van der Waals surface area contributed by atoms with Crippen molar-refractivity contribution in [2.45, 2.75) is 66.1 Å². The summed E-state index contributed by atoms with van der Waals surface area (Å²) < 4.78 is 31.2. The Hall–Kier alpha value is -4.21. The van der Waals surface area contributed by atoms with Crippen LogP contribution in [0.25, 0.3) is 0 Å². The van der Waals surface area contributed by atoms with E-state index in [0.717, 1.165) is 6.07 Å². The number of carbonyl (C=O) groups is 3. The summed E-state index contributed by atoms with van der Waals surface area (Å²) in [6.45, 7) is 15.5. The number of amides is 3. The second kappa shape index (κ2) is 12.4. The quantitative estimate of drug-likeness (QED) is 0.251. The summed E-state index contributed by atoms with van der Waals surface area (Å²) in [7, 11) is 0. The van der Waals surface area contributed by atoms with Gasteiger partial charge in [-0.2, -0.15) is 9.89 Å². The molecule has 0 fully saturated rings. The van der Waals surface area contributed by atoms with Gasteiger partial charge >= 0.3 is 18.2 Å². The summed E-state index contributed by atoms with van der Waals surface area (Å²) in [5.74, 6) is -1.47. The molecule has 0 radical (unpaired) electrons. The van der Waals surface area contributed by atoms with Gasteiger partial charge in [0.25, 0.3) is 5.91 Å². The Morgan fingerprint density at radius 3 is 2.13 bits per heavy atom. The van der Waals surface area contributed by atoms with Gasteiger partial charge in [-0.1, -0.05) is 31.7 Å². The first-order valence-corrected chi connectivity index (χ1v) is 12.0. The molecule has 0 atom stereocenters. The summed E-state index contributed by atoms with van der Waals surface area (Å²) >= 11 is 0. The molecular weight excluding hydrogens is 493 g/mol. The maximum atomic E-state index is 14.9. The van der Waals surface area contributed by atoms with E-state index in [2.05, 4.69) is 16.9 Å². The first-order valence-electron chi connectivity index (χ1n) is 12.0. The highest BCUT2D eigenvalue weighted by Gasteiger charge is 2.34. The lowest BCUT2D eigenvalue weighted by Gasteiger charge is -2.26. The van der Waals surface area contributed by atoms with E-state index in [1.165, 1.54) is 24.3 Å². The third kappa shape index (κ3) is 9.34. The molecule has 2 aromatic carbocycles. The molecule has 2 rings (SSSR count). The van der Waals surface area contributed by atoms with Crippen LogP contribution in [0.5, 0.6) is 0 Å². The van der Waals surface area contributed by atoms with Crippen molar-refractivity contribution in [1.82, 2.24) is 4.90 Å². The highest BCUT2D eigenvalue weighted by molar-refractivity contribution is 6.14. The molecule has 0 aliphatic heterocycles. The number of ether oxygens (including phenoxy) is 3. The molecule has 2 aromatic rings. The smallest absolute Gasteiger partial charge is 0.425 e. The number of amidine groups is 1. The number of rotatable bonds is 5. The molecule has 0 aliphatic carbocycles. The van der Waals surface area contributed by atoms with E-state index in [0.29, 0.717) is 11.3 Å². The summed E-state index contributed by atoms with van der Waals surface area (Å²) in [5, 5.41) is 2.50. The van der Waals surface area contributed by atoms with Gasteiger partial charge in [0.05, 0.1) is 0 Å². The molecule has 0 aromatic heterocycles. The fraction of sp³-hybridized carbons (Fsp3) is 0.357. The summed E-state index contributed by atoms with van der Waals surface area (Å²) in [6, 6.07) is 10.9. The number of hydrogen-bond donors (Lipinski definition) is 1. The largest absolute Gasteiger partial charge is 0.444 e. The van der Waals surface area contributed by atoms with Crippen LogP contribution in [0.3, 0.4) is 0 Å². The third-order valence-electron chi connectivity index (χ3n) is 4.43. The van der Waals surface area contributed by atoms with Crippen molar-refractivity contribution >= 4 is 35.5 Å². The van der Waals surface area contributed by atoms with Crippen molar-refractivity contribution in [3.63, 3.8) is 0 Å². The average Bonchev–Trinajstić information content (AvgIpc) is 2.79. The second-order valence-corrected chi connectivity index (χ2v) is 10.2. The van der Waals surface area contributed by atoms with E-state index < -0.39 is 41.1 Å². The number of halogens is 1. The maximum absolute atomic E-state index is 14.9. The number of aliphatic imine (C=N–C) groups is 1. The van der Waals surface area contributed by atoms with Crippen LogP contribution in [0.2, 0.25) is 0 Å². The highest BCUT2D eigenvalue weighted by atomic mass is 19.1. The number of hydrogen-bond acceptors (Lipinski definition) is 7. The lowest BCUT2D eigenvalue weighted by Crippen LogP contribution is -2.45. The van der Waals surface area contributed by atoms with Crippen molar-refractivity contribution in [3.8, 4) is 0 Å². The van der Waals surface area contributed by atoms with Gasteiger partial charge in [-0.25, -0.2) is 14.0 Å². The monoisotopic (exact) mass is 527 g/mol. The molecule has 0 saturated carbocycles. The molecule has 9 nitrogen and oxygen atoms in total. The minimum Gasteiger partial charge on any atom is -0.444 e. The molecule has 204 valence electrons. The Balaban J connectivity index is 2.62. The van der Waals surface area contributed by atoms with E-state index >= 15 is 0 Å². The Morgan fingerprint density at radius 2 is 1.58 bits per heavy atom. The zero-order chi connectivity index (χ0) is 28.7. The number of anilines is 1. The van der Waals surface area contributed by atoms with Gasteiger partial charge in [-0.05, 0) is 71.9 Å². The van der Waals surface area contributed by atoms with Gasteiger partial charge in [0.1, 0.15) is 28.5 Å². The molecular formula is C28H34FN3O6. The predicted octanol–water partition coefficient (Wildman–Crippen LogP) is 7.18. The van der Waals surface area contributed by atoms with Crippen LogP contribution in [0.1, 0.15) is 65.2 Å². The van der Waals surface area contributed by atoms with Crippen LogP contribution in [-0.2, 0) is 14.2 Å². The third-order valence-corrected chi connectivity index (χ3v) is 4.43. The minimum absolute atomic E-state index is 0.137. The zero-order valence-corrected chi connectivity index (χ0v) is 22.8. The standard InChI is InChI=1S/C28H34FN3O6/c1-9-18(2)36-24(31-22-17-20(15-16-21(22)29)30-25(34)37-27(3,4)5)32(26(35)38-28(6,7)8)23(33)19-13-11-10-12-14-19/h10-17H,2,9H2,1,3-8H3,(H,30,34)/b31-24-. The van der Waals surface area contributed by atoms with Crippen LogP contribution in [0, 0.1) is 5.82 Å².